The van der Waals surface area contributed by atoms with E-state index in [9.17, 15) is 9.59 Å². The molecule has 0 saturated carbocycles. The molecule has 1 N–H and O–H groups in total. The van der Waals surface area contributed by atoms with E-state index in [-0.39, 0.29) is 11.8 Å². The largest absolute Gasteiger partial charge is 0.352 e. The summed E-state index contributed by atoms with van der Waals surface area (Å²) in [5.41, 5.74) is 1.05. The molecule has 7 nitrogen and oxygen atoms in total. The van der Waals surface area contributed by atoms with Gasteiger partial charge < -0.3 is 10.2 Å². The van der Waals surface area contributed by atoms with Crippen LogP contribution in [0.15, 0.2) is 30.9 Å². The molecule has 1 aliphatic rings. The number of halogens is 1. The molecule has 1 aromatic carbocycles. The minimum atomic E-state index is -0.208. The Labute approximate surface area is 144 Å². The van der Waals surface area contributed by atoms with Crippen LogP contribution in [0.1, 0.15) is 29.6 Å². The number of aryl methyl sites for hydroxylation is 1. The van der Waals surface area contributed by atoms with Gasteiger partial charge in [-0.2, -0.15) is 5.10 Å². The maximum Gasteiger partial charge on any atom is 0.253 e. The number of benzene rings is 1. The lowest BCUT2D eigenvalue weighted by Gasteiger charge is -2.19. The quantitative estimate of drug-likeness (QED) is 0.809. The molecule has 0 unspecified atom stereocenters. The Morgan fingerprint density at radius 2 is 2.25 bits per heavy atom. The zero-order valence-electron chi connectivity index (χ0n) is 13.1. The van der Waals surface area contributed by atoms with Gasteiger partial charge in [0.1, 0.15) is 12.7 Å². The van der Waals surface area contributed by atoms with Gasteiger partial charge in [-0.25, -0.2) is 4.98 Å². The zero-order chi connectivity index (χ0) is 16.9. The van der Waals surface area contributed by atoms with Gasteiger partial charge in [-0.3, -0.25) is 14.3 Å². The van der Waals surface area contributed by atoms with Crippen LogP contribution in [-0.2, 0) is 11.3 Å². The summed E-state index contributed by atoms with van der Waals surface area (Å²) in [6.45, 7) is 1.80. The van der Waals surface area contributed by atoms with Gasteiger partial charge >= 0.3 is 0 Å². The van der Waals surface area contributed by atoms with E-state index >= 15 is 0 Å². The Morgan fingerprint density at radius 3 is 2.96 bits per heavy atom. The van der Waals surface area contributed by atoms with Crippen molar-refractivity contribution in [3.8, 4) is 0 Å². The maximum absolute atomic E-state index is 12.5. The van der Waals surface area contributed by atoms with E-state index in [4.69, 9.17) is 11.6 Å². The maximum atomic E-state index is 12.5. The summed E-state index contributed by atoms with van der Waals surface area (Å²) >= 11 is 6.05. The van der Waals surface area contributed by atoms with Gasteiger partial charge in [-0.15, -0.1) is 0 Å². The third-order valence-corrected chi connectivity index (χ3v) is 4.12. The van der Waals surface area contributed by atoms with Crippen LogP contribution >= 0.6 is 11.6 Å². The number of amides is 2. The Kier molecular flexibility index (Phi) is 5.10. The summed E-state index contributed by atoms with van der Waals surface area (Å²) in [7, 11) is 0. The molecule has 0 radical (unpaired) electrons. The van der Waals surface area contributed by atoms with Crippen LogP contribution in [0.25, 0.3) is 0 Å². The molecule has 0 bridgehead atoms. The summed E-state index contributed by atoms with van der Waals surface area (Å²) in [5, 5.41) is 7.39. The van der Waals surface area contributed by atoms with E-state index < -0.39 is 0 Å². The molecule has 3 rings (SSSR count). The molecule has 126 valence electrons. The second-order valence-electron chi connectivity index (χ2n) is 5.58. The first kappa shape index (κ1) is 16.4. The Bertz CT molecular complexity index is 732. The van der Waals surface area contributed by atoms with Crippen LogP contribution in [0.5, 0.6) is 0 Å². The van der Waals surface area contributed by atoms with Crippen LogP contribution in [-0.4, -0.2) is 39.7 Å². The molecule has 0 aliphatic carbocycles. The fraction of sp³-hybridized carbons (Fsp3) is 0.375. The fourth-order valence-corrected chi connectivity index (χ4v) is 2.88. The van der Waals surface area contributed by atoms with Crippen LogP contribution in [0, 0.1) is 0 Å². The predicted octanol–water partition coefficient (Wildman–Crippen LogP) is 1.88. The number of anilines is 1. The van der Waals surface area contributed by atoms with Crippen molar-refractivity contribution in [2.45, 2.75) is 25.8 Å². The smallest absolute Gasteiger partial charge is 0.253 e. The Balaban J connectivity index is 1.64. The number of nitrogens with one attached hydrogen (secondary N) is 1. The third kappa shape index (κ3) is 3.73. The van der Waals surface area contributed by atoms with Crippen molar-refractivity contribution in [1.29, 1.82) is 0 Å². The minimum Gasteiger partial charge on any atom is -0.352 e. The lowest BCUT2D eigenvalue weighted by atomic mass is 10.1. The summed E-state index contributed by atoms with van der Waals surface area (Å²) in [4.78, 5) is 30.0. The normalized spacial score (nSPS) is 14.2. The highest BCUT2D eigenvalue weighted by Gasteiger charge is 2.26. The molecule has 0 spiro atoms. The number of carbonyl (C=O) groups is 2. The molecule has 1 aromatic heterocycles. The van der Waals surface area contributed by atoms with E-state index in [0.29, 0.717) is 42.3 Å². The van der Waals surface area contributed by atoms with Crippen molar-refractivity contribution in [1.82, 2.24) is 20.1 Å². The summed E-state index contributed by atoms with van der Waals surface area (Å²) in [6, 6.07) is 5.00. The first-order chi connectivity index (χ1) is 11.6. The number of hydrogen-bond acceptors (Lipinski definition) is 4. The molecule has 24 heavy (non-hydrogen) atoms. The minimum absolute atomic E-state index is 0.0255. The average molecular weight is 348 g/mol. The van der Waals surface area contributed by atoms with E-state index in [2.05, 4.69) is 15.4 Å². The summed E-state index contributed by atoms with van der Waals surface area (Å²) < 4.78 is 1.71. The second-order valence-corrected chi connectivity index (χ2v) is 6.01. The first-order valence-electron chi connectivity index (χ1n) is 7.85. The van der Waals surface area contributed by atoms with Crippen molar-refractivity contribution in [2.75, 3.05) is 18.0 Å². The van der Waals surface area contributed by atoms with Crippen molar-refractivity contribution < 1.29 is 9.59 Å². The van der Waals surface area contributed by atoms with Crippen LogP contribution in [0.3, 0.4) is 0 Å². The van der Waals surface area contributed by atoms with Gasteiger partial charge in [0.15, 0.2) is 0 Å². The number of nitrogens with zero attached hydrogens (tertiary/aromatic N) is 4. The fourth-order valence-electron chi connectivity index (χ4n) is 2.71. The highest BCUT2D eigenvalue weighted by molar-refractivity contribution is 6.31. The van der Waals surface area contributed by atoms with Gasteiger partial charge in [0.05, 0.1) is 11.3 Å². The van der Waals surface area contributed by atoms with Gasteiger partial charge in [0, 0.05) is 31.1 Å². The van der Waals surface area contributed by atoms with Crippen molar-refractivity contribution in [3.63, 3.8) is 0 Å². The molecule has 1 saturated heterocycles. The highest BCUT2D eigenvalue weighted by Crippen LogP contribution is 2.28. The van der Waals surface area contributed by atoms with Crippen LogP contribution in [0.2, 0.25) is 5.02 Å². The summed E-state index contributed by atoms with van der Waals surface area (Å²) in [6.07, 6.45) is 5.15. The van der Waals surface area contributed by atoms with Crippen LogP contribution in [0.4, 0.5) is 5.69 Å². The molecule has 2 aromatic rings. The zero-order valence-corrected chi connectivity index (χ0v) is 13.9. The second kappa shape index (κ2) is 7.44. The lowest BCUT2D eigenvalue weighted by molar-refractivity contribution is -0.117. The van der Waals surface area contributed by atoms with E-state index in [1.54, 1.807) is 34.1 Å². The van der Waals surface area contributed by atoms with Gasteiger partial charge in [-0.1, -0.05) is 11.6 Å². The topological polar surface area (TPSA) is 80.1 Å². The van der Waals surface area contributed by atoms with Crippen LogP contribution < -0.4 is 10.2 Å². The SMILES string of the molecule is O=C(NCCCn1cncn1)c1ccc(Cl)cc1N1CCCC1=O. The van der Waals surface area contributed by atoms with Gasteiger partial charge in [0.2, 0.25) is 5.91 Å². The van der Waals surface area contributed by atoms with E-state index in [1.807, 2.05) is 0 Å². The average Bonchev–Trinajstić information content (AvgIpc) is 3.22. The Hall–Kier alpha value is -2.41. The first-order valence-corrected chi connectivity index (χ1v) is 8.23. The van der Waals surface area contributed by atoms with Gasteiger partial charge in [0.25, 0.3) is 5.91 Å². The molecule has 1 fully saturated rings. The van der Waals surface area contributed by atoms with E-state index in [1.165, 1.54) is 6.33 Å². The lowest BCUT2D eigenvalue weighted by Crippen LogP contribution is -2.30. The van der Waals surface area contributed by atoms with Crippen molar-refractivity contribution in [3.05, 3.63) is 41.4 Å². The molecule has 2 amide bonds. The number of aromatic nitrogens is 3. The van der Waals surface area contributed by atoms with Gasteiger partial charge in [-0.05, 0) is 31.0 Å². The molecular formula is C16H18ClN5O2. The molecular weight excluding hydrogens is 330 g/mol. The molecule has 2 heterocycles. The number of rotatable bonds is 6. The third-order valence-electron chi connectivity index (χ3n) is 3.88. The molecule has 8 heteroatoms. The van der Waals surface area contributed by atoms with E-state index in [0.717, 1.165) is 12.8 Å². The summed E-state index contributed by atoms with van der Waals surface area (Å²) in [5.74, 6) is -0.183. The Morgan fingerprint density at radius 1 is 1.38 bits per heavy atom. The molecule has 0 atom stereocenters. The monoisotopic (exact) mass is 347 g/mol. The standard InChI is InChI=1S/C16H18ClN5O2/c17-12-4-5-13(14(9-12)22-8-1-3-15(22)23)16(24)19-6-2-7-21-11-18-10-20-21/h4-5,9-11H,1-3,6-8H2,(H,19,24). The highest BCUT2D eigenvalue weighted by atomic mass is 35.5. The van der Waals surface area contributed by atoms with Crippen molar-refractivity contribution >= 4 is 29.1 Å². The van der Waals surface area contributed by atoms with Crippen molar-refractivity contribution in [2.24, 2.45) is 0 Å². The number of carbonyl (C=O) groups excluding carboxylic acids is 2. The molecule has 1 aliphatic heterocycles. The number of hydrogen-bond donors (Lipinski definition) is 1. The predicted molar refractivity (Wildman–Crippen MR) is 90.0 cm³/mol.